The molecule has 1 N–H and O–H groups in total. The lowest BCUT2D eigenvalue weighted by molar-refractivity contribution is 0.0746. The molecule has 5 heteroatoms. The van der Waals surface area contributed by atoms with E-state index in [4.69, 9.17) is 4.74 Å². The number of ether oxygens (including phenoxy) is 1. The standard InChI is InChI=1S/C23H25N3O2/c1-3-26(17-18-9-5-4-6-10-18)23(27)21-14-13-20(16-25-21)24-15-19-11-7-8-12-22(19)28-2/h4-14,16,24H,3,15,17H2,1-2H3. The normalized spacial score (nSPS) is 10.4. The van der Waals surface area contributed by atoms with E-state index in [9.17, 15) is 4.79 Å². The number of carbonyl (C=O) groups excluding carboxylic acids is 1. The Kier molecular flexibility index (Phi) is 6.63. The second-order valence-corrected chi connectivity index (χ2v) is 6.40. The molecule has 1 aromatic heterocycles. The predicted octanol–water partition coefficient (Wildman–Crippen LogP) is 4.36. The Morgan fingerprint density at radius 2 is 1.79 bits per heavy atom. The van der Waals surface area contributed by atoms with Gasteiger partial charge in [-0.15, -0.1) is 0 Å². The maximum atomic E-state index is 12.8. The molecule has 0 aliphatic carbocycles. The number of anilines is 1. The molecule has 0 saturated carbocycles. The largest absolute Gasteiger partial charge is 0.496 e. The van der Waals surface area contributed by atoms with Crippen LogP contribution in [-0.4, -0.2) is 29.4 Å². The van der Waals surface area contributed by atoms with Crippen molar-refractivity contribution in [3.05, 3.63) is 89.7 Å². The van der Waals surface area contributed by atoms with Crippen molar-refractivity contribution in [3.63, 3.8) is 0 Å². The van der Waals surface area contributed by atoms with E-state index in [2.05, 4.69) is 10.3 Å². The second-order valence-electron chi connectivity index (χ2n) is 6.40. The van der Waals surface area contributed by atoms with Crippen LogP contribution in [0.25, 0.3) is 0 Å². The first-order valence-electron chi connectivity index (χ1n) is 9.36. The first-order chi connectivity index (χ1) is 13.7. The SMILES string of the molecule is CCN(Cc1ccccc1)C(=O)c1ccc(NCc2ccccc2OC)cn1. The van der Waals surface area contributed by atoms with Crippen molar-refractivity contribution >= 4 is 11.6 Å². The maximum Gasteiger partial charge on any atom is 0.272 e. The van der Waals surface area contributed by atoms with Gasteiger partial charge in [0.2, 0.25) is 0 Å². The molecule has 144 valence electrons. The van der Waals surface area contributed by atoms with Crippen LogP contribution in [0.15, 0.2) is 72.9 Å². The Labute approximate surface area is 166 Å². The number of hydrogen-bond acceptors (Lipinski definition) is 4. The van der Waals surface area contributed by atoms with Crippen molar-refractivity contribution in [1.82, 2.24) is 9.88 Å². The molecule has 0 atom stereocenters. The van der Waals surface area contributed by atoms with Crippen molar-refractivity contribution in [2.24, 2.45) is 0 Å². The molecule has 0 aliphatic heterocycles. The number of nitrogens with zero attached hydrogens (tertiary/aromatic N) is 2. The average Bonchev–Trinajstić information content (AvgIpc) is 2.77. The zero-order chi connectivity index (χ0) is 19.8. The summed E-state index contributed by atoms with van der Waals surface area (Å²) in [6, 6.07) is 21.5. The van der Waals surface area contributed by atoms with Gasteiger partial charge < -0.3 is 15.0 Å². The summed E-state index contributed by atoms with van der Waals surface area (Å²) in [4.78, 5) is 18.9. The Hall–Kier alpha value is -3.34. The molecule has 2 aromatic carbocycles. The van der Waals surface area contributed by atoms with Crippen LogP contribution in [0.2, 0.25) is 0 Å². The van der Waals surface area contributed by atoms with E-state index >= 15 is 0 Å². The minimum Gasteiger partial charge on any atom is -0.496 e. The molecule has 5 nitrogen and oxygen atoms in total. The molecule has 0 bridgehead atoms. The van der Waals surface area contributed by atoms with E-state index in [-0.39, 0.29) is 5.91 Å². The summed E-state index contributed by atoms with van der Waals surface area (Å²) in [5, 5.41) is 3.32. The van der Waals surface area contributed by atoms with Gasteiger partial charge in [-0.3, -0.25) is 4.79 Å². The average molecular weight is 375 g/mol. The summed E-state index contributed by atoms with van der Waals surface area (Å²) in [6.45, 7) is 3.80. The van der Waals surface area contributed by atoms with Gasteiger partial charge in [0.15, 0.2) is 0 Å². The number of hydrogen-bond donors (Lipinski definition) is 1. The fourth-order valence-electron chi connectivity index (χ4n) is 2.96. The van der Waals surface area contributed by atoms with E-state index in [0.717, 1.165) is 22.6 Å². The molecule has 3 aromatic rings. The Balaban J connectivity index is 1.63. The molecule has 0 aliphatic rings. The van der Waals surface area contributed by atoms with Crippen LogP contribution in [0.3, 0.4) is 0 Å². The number of aromatic nitrogens is 1. The molecule has 1 heterocycles. The summed E-state index contributed by atoms with van der Waals surface area (Å²) >= 11 is 0. The van der Waals surface area contributed by atoms with Gasteiger partial charge in [-0.2, -0.15) is 0 Å². The van der Waals surface area contributed by atoms with Crippen LogP contribution in [0.4, 0.5) is 5.69 Å². The molecular weight excluding hydrogens is 350 g/mol. The third-order valence-corrected chi connectivity index (χ3v) is 4.54. The van der Waals surface area contributed by atoms with Crippen LogP contribution in [-0.2, 0) is 13.1 Å². The monoisotopic (exact) mass is 375 g/mol. The molecule has 0 spiro atoms. The van der Waals surface area contributed by atoms with E-state index in [1.165, 1.54) is 0 Å². The highest BCUT2D eigenvalue weighted by molar-refractivity contribution is 5.92. The van der Waals surface area contributed by atoms with Crippen molar-refractivity contribution in [2.45, 2.75) is 20.0 Å². The lowest BCUT2D eigenvalue weighted by Gasteiger charge is -2.20. The van der Waals surface area contributed by atoms with E-state index in [0.29, 0.717) is 25.3 Å². The lowest BCUT2D eigenvalue weighted by atomic mass is 10.2. The third kappa shape index (κ3) is 4.88. The van der Waals surface area contributed by atoms with Crippen molar-refractivity contribution in [1.29, 1.82) is 0 Å². The summed E-state index contributed by atoms with van der Waals surface area (Å²) in [6.07, 6.45) is 1.69. The number of benzene rings is 2. The van der Waals surface area contributed by atoms with Crippen LogP contribution in [0.5, 0.6) is 5.75 Å². The van der Waals surface area contributed by atoms with E-state index in [1.54, 1.807) is 24.3 Å². The first-order valence-corrected chi connectivity index (χ1v) is 9.36. The summed E-state index contributed by atoms with van der Waals surface area (Å²) in [5.74, 6) is 0.775. The number of rotatable bonds is 8. The Bertz CT molecular complexity index is 895. The number of pyridine rings is 1. The molecule has 0 saturated heterocycles. The van der Waals surface area contributed by atoms with Gasteiger partial charge in [-0.05, 0) is 30.7 Å². The van der Waals surface area contributed by atoms with Gasteiger partial charge in [-0.1, -0.05) is 48.5 Å². The van der Waals surface area contributed by atoms with Gasteiger partial charge in [0.25, 0.3) is 5.91 Å². The van der Waals surface area contributed by atoms with Crippen LogP contribution in [0.1, 0.15) is 28.5 Å². The molecule has 0 radical (unpaired) electrons. The Morgan fingerprint density at radius 3 is 2.46 bits per heavy atom. The van der Waals surface area contributed by atoms with Crippen molar-refractivity contribution in [2.75, 3.05) is 19.0 Å². The topological polar surface area (TPSA) is 54.5 Å². The minimum atomic E-state index is -0.0670. The molecule has 1 amide bonds. The van der Waals surface area contributed by atoms with E-state index < -0.39 is 0 Å². The Morgan fingerprint density at radius 1 is 1.04 bits per heavy atom. The number of nitrogens with one attached hydrogen (secondary N) is 1. The quantitative estimate of drug-likeness (QED) is 0.635. The van der Waals surface area contributed by atoms with Crippen LogP contribution in [0, 0.1) is 0 Å². The molecule has 3 rings (SSSR count). The third-order valence-electron chi connectivity index (χ3n) is 4.54. The highest BCUT2D eigenvalue weighted by Gasteiger charge is 2.15. The van der Waals surface area contributed by atoms with Crippen LogP contribution >= 0.6 is 0 Å². The van der Waals surface area contributed by atoms with Crippen molar-refractivity contribution in [3.8, 4) is 5.75 Å². The van der Waals surface area contributed by atoms with Gasteiger partial charge in [0, 0.05) is 25.2 Å². The lowest BCUT2D eigenvalue weighted by Crippen LogP contribution is -2.30. The summed E-state index contributed by atoms with van der Waals surface area (Å²) in [5.41, 5.74) is 3.46. The summed E-state index contributed by atoms with van der Waals surface area (Å²) in [7, 11) is 1.66. The van der Waals surface area contributed by atoms with E-state index in [1.807, 2.05) is 67.6 Å². The zero-order valence-corrected chi connectivity index (χ0v) is 16.3. The zero-order valence-electron chi connectivity index (χ0n) is 16.3. The number of methoxy groups -OCH3 is 1. The molecule has 0 unspecified atom stereocenters. The summed E-state index contributed by atoms with van der Waals surface area (Å²) < 4.78 is 5.37. The van der Waals surface area contributed by atoms with Gasteiger partial charge >= 0.3 is 0 Å². The highest BCUT2D eigenvalue weighted by Crippen LogP contribution is 2.19. The molecule has 0 fully saturated rings. The van der Waals surface area contributed by atoms with Gasteiger partial charge in [-0.25, -0.2) is 4.98 Å². The predicted molar refractivity (Wildman–Crippen MR) is 111 cm³/mol. The van der Waals surface area contributed by atoms with Gasteiger partial charge in [0.1, 0.15) is 11.4 Å². The molecule has 28 heavy (non-hydrogen) atoms. The highest BCUT2D eigenvalue weighted by atomic mass is 16.5. The van der Waals surface area contributed by atoms with Crippen molar-refractivity contribution < 1.29 is 9.53 Å². The first kappa shape index (κ1) is 19.4. The fraction of sp³-hybridized carbons (Fsp3) is 0.217. The molecular formula is C23H25N3O2. The second kappa shape index (κ2) is 9.55. The number of carbonyl (C=O) groups is 1. The smallest absolute Gasteiger partial charge is 0.272 e. The maximum absolute atomic E-state index is 12.8. The van der Waals surface area contributed by atoms with Gasteiger partial charge in [0.05, 0.1) is 19.0 Å². The minimum absolute atomic E-state index is 0.0670. The fourth-order valence-corrected chi connectivity index (χ4v) is 2.96. The van der Waals surface area contributed by atoms with Crippen LogP contribution < -0.4 is 10.1 Å². The number of amides is 1. The number of para-hydroxylation sites is 1.